The molecule has 0 rings (SSSR count). The second-order valence-corrected chi connectivity index (χ2v) is 5.97. The lowest BCUT2D eigenvalue weighted by Gasteiger charge is -2.15. The van der Waals surface area contributed by atoms with Gasteiger partial charge in [0.2, 0.25) is 0 Å². The third-order valence-electron chi connectivity index (χ3n) is 2.82. The van der Waals surface area contributed by atoms with Gasteiger partial charge < -0.3 is 9.84 Å². The normalized spacial score (nSPS) is 14.3. The molecule has 0 saturated heterocycles. The molecule has 7 nitrogen and oxygen atoms in total. The van der Waals surface area contributed by atoms with Gasteiger partial charge >= 0.3 is 11.9 Å². The molecule has 0 radical (unpaired) electrons. The molecule has 0 spiro atoms. The zero-order chi connectivity index (χ0) is 15.8. The zero-order valence-corrected chi connectivity index (χ0v) is 12.1. The Bertz CT molecular complexity index is 441. The third-order valence-corrected chi connectivity index (χ3v) is 3.91. The van der Waals surface area contributed by atoms with E-state index in [1.807, 2.05) is 6.92 Å². The summed E-state index contributed by atoms with van der Waals surface area (Å²) in [6.07, 6.45) is 3.13. The van der Waals surface area contributed by atoms with E-state index in [-0.39, 0.29) is 12.5 Å². The van der Waals surface area contributed by atoms with E-state index >= 15 is 0 Å². The van der Waals surface area contributed by atoms with E-state index in [1.54, 1.807) is 6.08 Å². The van der Waals surface area contributed by atoms with Gasteiger partial charge in [0.25, 0.3) is 10.1 Å². The summed E-state index contributed by atoms with van der Waals surface area (Å²) in [6.45, 7) is 5.58. The summed E-state index contributed by atoms with van der Waals surface area (Å²) in [4.78, 5) is 22.1. The van der Waals surface area contributed by atoms with Crippen LogP contribution in [0, 0.1) is 5.92 Å². The molecule has 116 valence electrons. The summed E-state index contributed by atoms with van der Waals surface area (Å²) in [6, 6.07) is 0. The Hall–Kier alpha value is -1.41. The molecule has 0 aliphatic carbocycles. The molecular weight excluding hydrogens is 288 g/mol. The molecule has 0 aromatic heterocycles. The molecule has 20 heavy (non-hydrogen) atoms. The van der Waals surface area contributed by atoms with Crippen LogP contribution in [-0.2, 0) is 24.4 Å². The molecule has 0 aliphatic heterocycles. The van der Waals surface area contributed by atoms with E-state index < -0.39 is 33.7 Å². The van der Waals surface area contributed by atoms with Crippen molar-refractivity contribution >= 4 is 22.1 Å². The Balaban J connectivity index is 4.40. The molecule has 2 atom stereocenters. The number of carboxylic acids is 1. The summed E-state index contributed by atoms with van der Waals surface area (Å²) in [5.41, 5.74) is 0. The van der Waals surface area contributed by atoms with Gasteiger partial charge in [-0.3, -0.25) is 14.1 Å². The first kappa shape index (κ1) is 18.6. The first-order valence-corrected chi connectivity index (χ1v) is 7.68. The summed E-state index contributed by atoms with van der Waals surface area (Å²) in [5.74, 6) is -2.65. The van der Waals surface area contributed by atoms with Crippen LogP contribution in [0.1, 0.15) is 32.6 Å². The topological polar surface area (TPSA) is 118 Å². The number of hydrogen-bond donors (Lipinski definition) is 2. The predicted molar refractivity (Wildman–Crippen MR) is 71.8 cm³/mol. The largest absolute Gasteiger partial charge is 0.480 e. The van der Waals surface area contributed by atoms with Gasteiger partial charge in [0, 0.05) is 0 Å². The standard InChI is InChI=1S/C12H20O7S/c1-3-5-6-9(4-2)8-19-11(13)7-10(12(14)15)20(16,17)18/h3,9-10H,1,4-8H2,2H3,(H,14,15)(H,16,17,18)/t9-,10?/m0/s1. The smallest absolute Gasteiger partial charge is 0.325 e. The highest BCUT2D eigenvalue weighted by Crippen LogP contribution is 2.13. The number of rotatable bonds is 10. The Morgan fingerprint density at radius 2 is 2.00 bits per heavy atom. The van der Waals surface area contributed by atoms with Crippen molar-refractivity contribution in [2.75, 3.05) is 6.61 Å². The lowest BCUT2D eigenvalue weighted by molar-refractivity contribution is -0.148. The number of carbonyl (C=O) groups is 2. The van der Waals surface area contributed by atoms with Gasteiger partial charge in [-0.2, -0.15) is 8.42 Å². The highest BCUT2D eigenvalue weighted by atomic mass is 32.2. The van der Waals surface area contributed by atoms with Crippen LogP contribution in [0.15, 0.2) is 12.7 Å². The van der Waals surface area contributed by atoms with Gasteiger partial charge in [-0.1, -0.05) is 19.4 Å². The highest BCUT2D eigenvalue weighted by Gasteiger charge is 2.34. The van der Waals surface area contributed by atoms with E-state index in [1.165, 1.54) is 0 Å². The second kappa shape index (κ2) is 8.70. The van der Waals surface area contributed by atoms with Crippen molar-refractivity contribution < 1.29 is 32.4 Å². The first-order chi connectivity index (χ1) is 9.22. The number of carbonyl (C=O) groups excluding carboxylic acids is 1. The maximum Gasteiger partial charge on any atom is 0.325 e. The SMILES string of the molecule is C=CCC[C@H](CC)COC(=O)CC(C(=O)O)S(=O)(=O)O. The molecule has 0 aromatic rings. The number of ether oxygens (including phenoxy) is 1. The second-order valence-electron chi connectivity index (χ2n) is 4.37. The average molecular weight is 308 g/mol. The van der Waals surface area contributed by atoms with E-state index in [0.29, 0.717) is 0 Å². The lowest BCUT2D eigenvalue weighted by atomic mass is 10.0. The zero-order valence-electron chi connectivity index (χ0n) is 11.3. The van der Waals surface area contributed by atoms with E-state index in [4.69, 9.17) is 14.4 Å². The van der Waals surface area contributed by atoms with Crippen LogP contribution >= 0.6 is 0 Å². The maximum atomic E-state index is 11.4. The van der Waals surface area contributed by atoms with Crippen molar-refractivity contribution in [1.29, 1.82) is 0 Å². The Morgan fingerprint density at radius 1 is 1.40 bits per heavy atom. The fourth-order valence-electron chi connectivity index (χ4n) is 1.50. The van der Waals surface area contributed by atoms with Crippen LogP contribution in [0.25, 0.3) is 0 Å². The molecular formula is C12H20O7S. The average Bonchev–Trinajstić information content (AvgIpc) is 2.34. The molecule has 0 bridgehead atoms. The summed E-state index contributed by atoms with van der Waals surface area (Å²) >= 11 is 0. The summed E-state index contributed by atoms with van der Waals surface area (Å²) in [7, 11) is -4.83. The predicted octanol–water partition coefficient (Wildman–Crippen LogP) is 1.25. The monoisotopic (exact) mass is 308 g/mol. The third kappa shape index (κ3) is 7.25. The first-order valence-electron chi connectivity index (χ1n) is 6.18. The van der Waals surface area contributed by atoms with Crippen LogP contribution in [0.4, 0.5) is 0 Å². The molecule has 0 aromatic carbocycles. The molecule has 0 aliphatic rings. The van der Waals surface area contributed by atoms with Crippen LogP contribution in [0.3, 0.4) is 0 Å². The molecule has 0 saturated carbocycles. The van der Waals surface area contributed by atoms with Crippen molar-refractivity contribution in [3.05, 3.63) is 12.7 Å². The summed E-state index contributed by atoms with van der Waals surface area (Å²) in [5, 5.41) is 6.45. The van der Waals surface area contributed by atoms with Crippen molar-refractivity contribution in [1.82, 2.24) is 0 Å². The Labute approximate surface area is 118 Å². The summed E-state index contributed by atoms with van der Waals surface area (Å²) < 4.78 is 35.2. The number of hydrogen-bond acceptors (Lipinski definition) is 5. The Kier molecular flexibility index (Phi) is 8.09. The maximum absolute atomic E-state index is 11.4. The van der Waals surface area contributed by atoms with E-state index in [9.17, 15) is 18.0 Å². The molecule has 8 heteroatoms. The molecule has 0 fully saturated rings. The number of allylic oxidation sites excluding steroid dienone is 1. The van der Waals surface area contributed by atoms with E-state index in [2.05, 4.69) is 6.58 Å². The van der Waals surface area contributed by atoms with Gasteiger partial charge in [-0.25, -0.2) is 0 Å². The van der Waals surface area contributed by atoms with Gasteiger partial charge in [0.15, 0.2) is 5.25 Å². The fourth-order valence-corrected chi connectivity index (χ4v) is 2.10. The minimum Gasteiger partial charge on any atom is -0.480 e. The van der Waals surface area contributed by atoms with Crippen molar-refractivity contribution in [3.8, 4) is 0 Å². The van der Waals surface area contributed by atoms with Crippen molar-refractivity contribution in [2.24, 2.45) is 5.92 Å². The fraction of sp³-hybridized carbons (Fsp3) is 0.667. The minimum absolute atomic E-state index is 0.0843. The molecule has 1 unspecified atom stereocenters. The molecule has 2 N–H and O–H groups in total. The van der Waals surface area contributed by atoms with Crippen LogP contribution < -0.4 is 0 Å². The van der Waals surface area contributed by atoms with Crippen LogP contribution in [-0.4, -0.2) is 41.9 Å². The number of esters is 1. The van der Waals surface area contributed by atoms with Crippen LogP contribution in [0.2, 0.25) is 0 Å². The van der Waals surface area contributed by atoms with Gasteiger partial charge in [0.05, 0.1) is 13.0 Å². The van der Waals surface area contributed by atoms with Gasteiger partial charge in [0.1, 0.15) is 0 Å². The van der Waals surface area contributed by atoms with Gasteiger partial charge in [-0.05, 0) is 18.8 Å². The highest BCUT2D eigenvalue weighted by molar-refractivity contribution is 7.87. The van der Waals surface area contributed by atoms with Crippen molar-refractivity contribution in [3.63, 3.8) is 0 Å². The quantitative estimate of drug-likeness (QED) is 0.354. The number of aliphatic carboxylic acids is 1. The number of carboxylic acid groups (broad SMARTS) is 1. The Morgan fingerprint density at radius 3 is 2.40 bits per heavy atom. The van der Waals surface area contributed by atoms with E-state index in [0.717, 1.165) is 19.3 Å². The lowest BCUT2D eigenvalue weighted by Crippen LogP contribution is -2.33. The molecule has 0 amide bonds. The molecule has 0 heterocycles. The van der Waals surface area contributed by atoms with Gasteiger partial charge in [-0.15, -0.1) is 6.58 Å². The van der Waals surface area contributed by atoms with Crippen molar-refractivity contribution in [2.45, 2.75) is 37.9 Å². The minimum atomic E-state index is -4.83. The van der Waals surface area contributed by atoms with Crippen LogP contribution in [0.5, 0.6) is 0 Å².